The lowest BCUT2D eigenvalue weighted by atomic mass is 9.52. The lowest BCUT2D eigenvalue weighted by molar-refractivity contribution is -0.0227. The van der Waals surface area contributed by atoms with Gasteiger partial charge in [-0.25, -0.2) is 0 Å². The number of hydrogen-bond acceptors (Lipinski definition) is 4. The van der Waals surface area contributed by atoms with Gasteiger partial charge in [-0.3, -0.25) is 0 Å². The molecule has 4 radical (unpaired) electrons. The highest BCUT2D eigenvalue weighted by Gasteiger charge is 2.62. The van der Waals surface area contributed by atoms with E-state index in [2.05, 4.69) is 32.8 Å². The third-order valence-corrected chi connectivity index (χ3v) is 8.70. The van der Waals surface area contributed by atoms with Crippen LogP contribution in [0.1, 0.15) is 64.0 Å². The summed E-state index contributed by atoms with van der Waals surface area (Å²) in [6.45, 7) is 5.81. The lowest BCUT2D eigenvalue weighted by Crippen LogP contribution is -2.62. The van der Waals surface area contributed by atoms with Gasteiger partial charge in [0.05, 0.1) is 27.3 Å². The number of nitrogens with one attached hydrogen (secondary N) is 1. The van der Waals surface area contributed by atoms with Crippen molar-refractivity contribution in [1.82, 2.24) is 4.72 Å². The number of fused-ring (bicyclic) bond motifs is 1. The summed E-state index contributed by atoms with van der Waals surface area (Å²) in [5.41, 5.74) is 1.15. The zero-order chi connectivity index (χ0) is 21.7. The molecule has 29 heavy (non-hydrogen) atoms. The molecule has 1 aromatic rings. The normalized spacial score (nSPS) is 31.1. The van der Waals surface area contributed by atoms with Crippen LogP contribution in [0.25, 0.3) is 0 Å². The van der Waals surface area contributed by atoms with Gasteiger partial charge in [-0.05, 0) is 88.0 Å². The van der Waals surface area contributed by atoms with Gasteiger partial charge in [-0.15, -0.1) is 4.72 Å². The maximum absolute atomic E-state index is 13.4. The number of rotatable bonds is 5. The van der Waals surface area contributed by atoms with Gasteiger partial charge in [-0.2, -0.15) is 0 Å². The van der Waals surface area contributed by atoms with Crippen LogP contribution in [0.15, 0.2) is 22.7 Å². The Morgan fingerprint density at radius 2 is 1.93 bits per heavy atom. The SMILES string of the molecule is [B]C([B])(O)CC1(N[S+]([O-])C(C)(C)C)c2cc(Br)ccc2CC12CCC(OC)CC2. The van der Waals surface area contributed by atoms with E-state index in [1.54, 1.807) is 7.11 Å². The van der Waals surface area contributed by atoms with Crippen LogP contribution in [0.3, 0.4) is 0 Å². The standard InChI is InChI=1S/C21H30B2BrNO3S/c1-18(2,3)29(27)25-20(13-21(22,23)26)17-11-15(24)6-5-14(17)12-19(20)9-7-16(28-4)8-10-19/h5-6,11,16,25-26H,7-10,12-13H2,1-4H3. The van der Waals surface area contributed by atoms with Gasteiger partial charge >= 0.3 is 0 Å². The highest BCUT2D eigenvalue weighted by Crippen LogP contribution is 2.60. The van der Waals surface area contributed by atoms with E-state index >= 15 is 0 Å². The monoisotopic (exact) mass is 477 g/mol. The second-order valence-electron chi connectivity index (χ2n) is 9.75. The number of methoxy groups -OCH3 is 1. The predicted octanol–water partition coefficient (Wildman–Crippen LogP) is 3.20. The Kier molecular flexibility index (Phi) is 6.68. The van der Waals surface area contributed by atoms with Crippen LogP contribution in [0.4, 0.5) is 0 Å². The molecule has 0 bridgehead atoms. The van der Waals surface area contributed by atoms with Crippen molar-refractivity contribution in [2.45, 2.75) is 81.1 Å². The van der Waals surface area contributed by atoms with Crippen LogP contribution in [-0.2, 0) is 28.1 Å². The first-order valence-electron chi connectivity index (χ1n) is 10.1. The van der Waals surface area contributed by atoms with Gasteiger partial charge in [-0.1, -0.05) is 22.0 Å². The Labute approximate surface area is 189 Å². The number of benzene rings is 1. The average Bonchev–Trinajstić information content (AvgIpc) is 2.83. The molecule has 3 rings (SSSR count). The summed E-state index contributed by atoms with van der Waals surface area (Å²) < 4.78 is 22.9. The maximum Gasteiger partial charge on any atom is 0.136 e. The van der Waals surface area contributed by atoms with Crippen molar-refractivity contribution in [2.24, 2.45) is 5.41 Å². The molecule has 8 heteroatoms. The summed E-state index contributed by atoms with van der Waals surface area (Å²) in [4.78, 5) is 0. The molecule has 0 amide bonds. The fourth-order valence-corrected chi connectivity index (χ4v) is 6.48. The third-order valence-electron chi connectivity index (χ3n) is 6.56. The van der Waals surface area contributed by atoms with Crippen molar-refractivity contribution in [1.29, 1.82) is 0 Å². The fourth-order valence-electron chi connectivity index (χ4n) is 5.10. The van der Waals surface area contributed by atoms with Crippen molar-refractivity contribution in [3.63, 3.8) is 0 Å². The van der Waals surface area contributed by atoms with Gasteiger partial charge in [0.15, 0.2) is 0 Å². The van der Waals surface area contributed by atoms with E-state index in [-0.39, 0.29) is 17.9 Å². The Morgan fingerprint density at radius 1 is 1.31 bits per heavy atom. The molecule has 2 N–H and O–H groups in total. The van der Waals surface area contributed by atoms with Gasteiger partial charge in [0, 0.05) is 28.4 Å². The van der Waals surface area contributed by atoms with Crippen LogP contribution in [-0.4, -0.2) is 48.7 Å². The Bertz CT molecular complexity index is 744. The quantitative estimate of drug-likeness (QED) is 0.505. The largest absolute Gasteiger partial charge is 0.598 e. The molecular weight excluding hydrogens is 448 g/mol. The Balaban J connectivity index is 2.16. The minimum atomic E-state index is -1.90. The molecule has 1 saturated carbocycles. The highest BCUT2D eigenvalue weighted by atomic mass is 79.9. The van der Waals surface area contributed by atoms with E-state index < -0.39 is 27.0 Å². The van der Waals surface area contributed by atoms with Gasteiger partial charge in [0.25, 0.3) is 0 Å². The molecule has 156 valence electrons. The molecule has 0 aliphatic heterocycles. The molecule has 2 unspecified atom stereocenters. The van der Waals surface area contributed by atoms with Gasteiger partial charge in [0.2, 0.25) is 0 Å². The van der Waals surface area contributed by atoms with Crippen molar-refractivity contribution >= 4 is 43.0 Å². The molecule has 0 saturated heterocycles. The van der Waals surface area contributed by atoms with E-state index in [0.29, 0.717) is 0 Å². The molecule has 2 aliphatic carbocycles. The summed E-state index contributed by atoms with van der Waals surface area (Å²) >= 11 is 2.21. The summed E-state index contributed by atoms with van der Waals surface area (Å²) in [6, 6.07) is 6.20. The van der Waals surface area contributed by atoms with Crippen LogP contribution in [0.5, 0.6) is 0 Å². The van der Waals surface area contributed by atoms with E-state index in [9.17, 15) is 9.66 Å². The predicted molar refractivity (Wildman–Crippen MR) is 123 cm³/mol. The summed E-state index contributed by atoms with van der Waals surface area (Å²) in [7, 11) is 13.7. The summed E-state index contributed by atoms with van der Waals surface area (Å²) in [5, 5.41) is 8.65. The number of halogens is 1. The van der Waals surface area contributed by atoms with Crippen molar-refractivity contribution in [3.8, 4) is 0 Å². The molecule has 4 nitrogen and oxygen atoms in total. The van der Waals surface area contributed by atoms with E-state index in [4.69, 9.17) is 20.4 Å². The topological polar surface area (TPSA) is 64.5 Å². The Morgan fingerprint density at radius 3 is 2.45 bits per heavy atom. The van der Waals surface area contributed by atoms with Gasteiger partial charge < -0.3 is 14.4 Å². The molecule has 0 aromatic heterocycles. The van der Waals surface area contributed by atoms with Crippen molar-refractivity contribution in [2.75, 3.05) is 7.11 Å². The number of hydrogen-bond donors (Lipinski definition) is 2. The first-order chi connectivity index (χ1) is 13.3. The average molecular weight is 478 g/mol. The zero-order valence-electron chi connectivity index (χ0n) is 17.8. The smallest absolute Gasteiger partial charge is 0.136 e. The highest BCUT2D eigenvalue weighted by molar-refractivity contribution is 9.10. The minimum Gasteiger partial charge on any atom is -0.598 e. The van der Waals surface area contributed by atoms with E-state index in [1.807, 2.05) is 26.8 Å². The fraction of sp³-hybridized carbons (Fsp3) is 0.714. The molecule has 2 aliphatic rings. The van der Waals surface area contributed by atoms with E-state index in [0.717, 1.165) is 42.1 Å². The first-order valence-corrected chi connectivity index (χ1v) is 12.1. The lowest BCUT2D eigenvalue weighted by Gasteiger charge is -2.52. The van der Waals surface area contributed by atoms with Crippen molar-refractivity contribution < 1.29 is 14.4 Å². The summed E-state index contributed by atoms with van der Waals surface area (Å²) in [5.74, 6) is 0. The zero-order valence-corrected chi connectivity index (χ0v) is 20.2. The minimum absolute atomic E-state index is 0.0723. The van der Waals surface area contributed by atoms with Crippen LogP contribution in [0.2, 0.25) is 0 Å². The first kappa shape index (κ1) is 23.7. The molecule has 1 aromatic carbocycles. The second kappa shape index (κ2) is 8.18. The Hall–Kier alpha value is 0.0199. The van der Waals surface area contributed by atoms with Gasteiger partial charge in [0.1, 0.15) is 4.75 Å². The molecule has 1 fully saturated rings. The molecule has 2 atom stereocenters. The van der Waals surface area contributed by atoms with Crippen LogP contribution >= 0.6 is 15.9 Å². The molecule has 1 spiro atoms. The van der Waals surface area contributed by atoms with E-state index in [1.165, 1.54) is 5.56 Å². The van der Waals surface area contributed by atoms with Crippen molar-refractivity contribution in [3.05, 3.63) is 33.8 Å². The van der Waals surface area contributed by atoms with Crippen LogP contribution < -0.4 is 4.72 Å². The second-order valence-corrected chi connectivity index (χ2v) is 12.6. The third kappa shape index (κ3) is 4.63. The molecular formula is C21H30B2BrNO3S. The molecule has 0 heterocycles. The summed E-state index contributed by atoms with van der Waals surface area (Å²) in [6.07, 6.45) is 4.69. The maximum atomic E-state index is 13.4. The number of ether oxygens (including phenoxy) is 1. The number of aliphatic hydroxyl groups is 1. The van der Waals surface area contributed by atoms with Crippen LogP contribution in [0, 0.1) is 5.41 Å².